The summed E-state index contributed by atoms with van der Waals surface area (Å²) in [5, 5.41) is 252. The summed E-state index contributed by atoms with van der Waals surface area (Å²) in [4.78, 5) is 0. The van der Waals surface area contributed by atoms with Gasteiger partial charge in [-0.3, -0.25) is 0 Å². The van der Waals surface area contributed by atoms with E-state index in [2.05, 4.69) is 5.32 Å². The molecular weight excluding hydrogens is 1290 g/mol. The normalized spacial score (nSPS) is 48.1. The molecule has 95 heavy (non-hydrogen) atoms. The second-order valence-corrected chi connectivity index (χ2v) is 24.8. The van der Waals surface area contributed by atoms with Crippen molar-refractivity contribution in [3.8, 4) is 5.75 Å². The zero-order valence-corrected chi connectivity index (χ0v) is 51.2. The summed E-state index contributed by atoms with van der Waals surface area (Å²) in [5.74, 6) is -0.348. The predicted octanol–water partition coefficient (Wildman–Crippen LogP) is -12.7. The van der Waals surface area contributed by atoms with E-state index in [0.29, 0.717) is 6.42 Å². The fourth-order valence-corrected chi connectivity index (χ4v) is 12.6. The van der Waals surface area contributed by atoms with Crippen LogP contribution in [-0.2, 0) is 72.7 Å². The lowest BCUT2D eigenvalue weighted by Crippen LogP contribution is -2.68. The maximum absolute atomic E-state index is 11.4. The first-order valence-corrected chi connectivity index (χ1v) is 30.6. The number of aliphatic hydroxyl groups is 23. The Morgan fingerprint density at radius 3 is 0.811 bits per heavy atom. The summed E-state index contributed by atoms with van der Waals surface area (Å²) in [5.41, 5.74) is -0.0165. The van der Waals surface area contributed by atoms with Crippen molar-refractivity contribution in [3.05, 3.63) is 41.5 Å². The van der Waals surface area contributed by atoms with E-state index < -0.39 is 267 Å². The van der Waals surface area contributed by atoms with Crippen LogP contribution in [0.3, 0.4) is 0 Å². The Kier molecular flexibility index (Phi) is 25.7. The topological polar surface area (TPSA) is 616 Å². The number of ether oxygens (including phenoxy) is 15. The molecule has 0 radical (unpaired) electrons. The second-order valence-electron chi connectivity index (χ2n) is 24.8. The largest absolute Gasteiger partial charge is 0.506 e. The van der Waals surface area contributed by atoms with Crippen LogP contribution in [0.5, 0.6) is 5.75 Å². The summed E-state index contributed by atoms with van der Waals surface area (Å²) < 4.78 is 84.9. The molecule has 0 aliphatic carbocycles. The molecule has 36 atom stereocenters. The lowest BCUT2D eigenvalue weighted by molar-refractivity contribution is -0.397. The molecule has 39 nitrogen and oxygen atoms in total. The predicted molar refractivity (Wildman–Crippen MR) is 298 cm³/mol. The zero-order chi connectivity index (χ0) is 69.4. The highest BCUT2D eigenvalue weighted by molar-refractivity contribution is 5.30. The van der Waals surface area contributed by atoms with Crippen LogP contribution in [0.1, 0.15) is 19.4 Å². The average Bonchev–Trinajstić information content (AvgIpc) is 1.36. The first-order valence-electron chi connectivity index (χ1n) is 30.6. The van der Waals surface area contributed by atoms with Crippen LogP contribution in [0.15, 0.2) is 35.9 Å². The fourth-order valence-electron chi connectivity index (χ4n) is 12.6. The van der Waals surface area contributed by atoms with E-state index in [1.54, 1.807) is 26.0 Å². The van der Waals surface area contributed by atoms with Crippen LogP contribution in [-0.4, -0.2) is 392 Å². The van der Waals surface area contributed by atoms with E-state index in [0.717, 1.165) is 5.56 Å². The third-order valence-electron chi connectivity index (χ3n) is 18.4. The van der Waals surface area contributed by atoms with Gasteiger partial charge in [0.15, 0.2) is 43.5 Å². The van der Waals surface area contributed by atoms with Gasteiger partial charge in [0, 0.05) is 18.6 Å². The summed E-state index contributed by atoms with van der Waals surface area (Å²) in [6, 6.07) is 6.05. The highest BCUT2D eigenvalue weighted by atomic mass is 16.8. The van der Waals surface area contributed by atoms with E-state index in [1.807, 2.05) is 0 Å². The second kappa shape index (κ2) is 32.2. The third kappa shape index (κ3) is 15.5. The first kappa shape index (κ1) is 76.0. The molecule has 8 aliphatic heterocycles. The maximum Gasteiger partial charge on any atom is 0.229 e. The number of rotatable bonds is 24. The molecule has 8 aliphatic rings. The Morgan fingerprint density at radius 1 is 0.347 bits per heavy atom. The van der Waals surface area contributed by atoms with Gasteiger partial charge in [0.1, 0.15) is 177 Å². The lowest BCUT2D eigenvalue weighted by atomic mass is 9.82. The molecule has 8 heterocycles. The molecule has 546 valence electrons. The summed E-state index contributed by atoms with van der Waals surface area (Å²) >= 11 is 0. The SMILES string of the molecule is COC1C(CO)OC(OC2C(CO)OC(OC3C(CO)OC(OC4C(CO)OC(OC5C(CO)OC(OC6C(CO)OC(OC7C(CO)OC(Oc8ccc(CC9NC(O)=C(O)C9(C)C)cc8)C(O)C7O)C(O)C6O)C(O)C5O)C(O)C4O)C(O)C3O)C(O)C2O)C(O)C1O. The van der Waals surface area contributed by atoms with Gasteiger partial charge in [-0.1, -0.05) is 26.0 Å². The molecule has 24 N–H and O–H groups in total. The number of hydrogen-bond acceptors (Lipinski definition) is 39. The summed E-state index contributed by atoms with van der Waals surface area (Å²) in [6.45, 7) is -3.23. The van der Waals surface area contributed by atoms with Crippen molar-refractivity contribution in [1.82, 2.24) is 5.32 Å². The molecule has 7 fully saturated rings. The van der Waals surface area contributed by atoms with Crippen molar-refractivity contribution in [2.24, 2.45) is 5.41 Å². The minimum atomic E-state index is -2.24. The van der Waals surface area contributed by atoms with Gasteiger partial charge >= 0.3 is 0 Å². The van der Waals surface area contributed by atoms with Crippen LogP contribution in [0.2, 0.25) is 0 Å². The molecule has 36 unspecified atom stereocenters. The Bertz CT molecular complexity index is 2570. The molecule has 1 aromatic rings. The van der Waals surface area contributed by atoms with Gasteiger partial charge in [-0.05, 0) is 24.1 Å². The average molecular weight is 1380 g/mol. The number of methoxy groups -OCH3 is 1. The Hall–Kier alpha value is -3.24. The van der Waals surface area contributed by atoms with Crippen LogP contribution < -0.4 is 10.1 Å². The molecule has 0 amide bonds. The van der Waals surface area contributed by atoms with Crippen LogP contribution in [0, 0.1) is 5.41 Å². The molecule has 7 saturated heterocycles. The van der Waals surface area contributed by atoms with Crippen molar-refractivity contribution in [2.75, 3.05) is 53.4 Å². The summed E-state index contributed by atoms with van der Waals surface area (Å²) in [6.07, 6.45) is -65.7. The lowest BCUT2D eigenvalue weighted by Gasteiger charge is -2.50. The molecule has 1 aromatic carbocycles. The third-order valence-corrected chi connectivity index (χ3v) is 18.4. The molecule has 0 bridgehead atoms. The van der Waals surface area contributed by atoms with Crippen LogP contribution in [0.4, 0.5) is 0 Å². The van der Waals surface area contributed by atoms with Gasteiger partial charge in [-0.2, -0.15) is 0 Å². The first-order chi connectivity index (χ1) is 45.1. The van der Waals surface area contributed by atoms with Crippen molar-refractivity contribution in [2.45, 2.75) is 241 Å². The van der Waals surface area contributed by atoms with E-state index >= 15 is 0 Å². The van der Waals surface area contributed by atoms with Gasteiger partial charge in [0.2, 0.25) is 12.2 Å². The Balaban J connectivity index is 0.767. The van der Waals surface area contributed by atoms with Gasteiger partial charge in [-0.25, -0.2) is 0 Å². The molecule has 0 aromatic heterocycles. The minimum Gasteiger partial charge on any atom is -0.506 e. The van der Waals surface area contributed by atoms with Crippen LogP contribution >= 0.6 is 0 Å². The quantitative estimate of drug-likeness (QED) is 0.0457. The zero-order valence-electron chi connectivity index (χ0n) is 51.2. The monoisotopic (exact) mass is 1380 g/mol. The van der Waals surface area contributed by atoms with E-state index in [9.17, 15) is 117 Å². The van der Waals surface area contributed by atoms with Crippen molar-refractivity contribution >= 4 is 0 Å². The van der Waals surface area contributed by atoms with Gasteiger partial charge < -0.3 is 194 Å². The number of benzene rings is 1. The highest BCUT2D eigenvalue weighted by Gasteiger charge is 2.59. The Morgan fingerprint density at radius 2 is 0.579 bits per heavy atom. The number of aliphatic hydroxyl groups excluding tert-OH is 23. The van der Waals surface area contributed by atoms with Gasteiger partial charge in [-0.15, -0.1) is 0 Å². The molecular formula is C56H89NO38. The Labute approximate surface area is 539 Å². The van der Waals surface area contributed by atoms with Crippen molar-refractivity contribution in [1.29, 1.82) is 0 Å². The molecule has 0 spiro atoms. The fraction of sp³-hybridized carbons (Fsp3) is 0.857. The molecule has 9 rings (SSSR count). The standard InChI is InChI=1S/C56H89NO38/c1-56(2)25(57-48(80)47(56)79)8-16-4-6-17(7-5-16)82-49-34(73)27(66)41(19(10-59)84-49)91-51-36(75)29(68)43(21(12-61)86-51)93-53-38(77)31(70)45(23(14-63)88-53)95-55-39(78)32(71)46(24(15-64)89-55)94-54-37(76)30(69)44(22(13-62)87-54)92-52-35(74)28(67)42(20(11-60)85-52)90-50-33(72)26(65)40(81-3)18(9-58)83-50/h4-7,18-46,49-55,57-80H,8-15H2,1-3H3. The van der Waals surface area contributed by atoms with E-state index in [4.69, 9.17) is 71.1 Å². The van der Waals surface area contributed by atoms with E-state index in [-0.39, 0.29) is 23.4 Å². The smallest absolute Gasteiger partial charge is 0.229 e. The molecule has 0 saturated carbocycles. The van der Waals surface area contributed by atoms with Crippen LogP contribution in [0.25, 0.3) is 0 Å². The van der Waals surface area contributed by atoms with Crippen molar-refractivity contribution < 1.29 is 189 Å². The molecule has 39 heteroatoms. The minimum absolute atomic E-state index is 0.156. The maximum atomic E-state index is 11.4. The summed E-state index contributed by atoms with van der Waals surface area (Å²) in [7, 11) is 1.18. The van der Waals surface area contributed by atoms with Gasteiger partial charge in [0.25, 0.3) is 0 Å². The number of hydrogen-bond donors (Lipinski definition) is 24. The van der Waals surface area contributed by atoms with Crippen molar-refractivity contribution in [3.63, 3.8) is 0 Å². The van der Waals surface area contributed by atoms with Gasteiger partial charge in [0.05, 0.1) is 46.2 Å². The highest BCUT2D eigenvalue weighted by Crippen LogP contribution is 2.40. The number of nitrogens with one attached hydrogen (secondary N) is 1. The van der Waals surface area contributed by atoms with E-state index in [1.165, 1.54) is 19.2 Å².